The van der Waals surface area contributed by atoms with Crippen LogP contribution >= 0.6 is 11.3 Å². The van der Waals surface area contributed by atoms with Crippen LogP contribution in [0, 0.1) is 5.82 Å². The van der Waals surface area contributed by atoms with Gasteiger partial charge in [0, 0.05) is 16.7 Å². The van der Waals surface area contributed by atoms with Crippen molar-refractivity contribution in [3.05, 3.63) is 46.2 Å². The number of halogens is 1. The molecule has 0 fully saturated rings. The predicted octanol–water partition coefficient (Wildman–Crippen LogP) is 3.75. The SMILES string of the molecule is CC(C)(C)c1nc(N)sc1Cc1ccc(F)cc1. The second-order valence-electron chi connectivity index (χ2n) is 5.38. The van der Waals surface area contributed by atoms with Gasteiger partial charge in [0.25, 0.3) is 0 Å². The molecule has 18 heavy (non-hydrogen) atoms. The van der Waals surface area contributed by atoms with Crippen molar-refractivity contribution < 1.29 is 4.39 Å². The predicted molar refractivity (Wildman–Crippen MR) is 74.4 cm³/mol. The van der Waals surface area contributed by atoms with Gasteiger partial charge in [-0.05, 0) is 17.7 Å². The van der Waals surface area contributed by atoms with Crippen molar-refractivity contribution in [2.24, 2.45) is 0 Å². The van der Waals surface area contributed by atoms with Gasteiger partial charge in [0.1, 0.15) is 5.82 Å². The van der Waals surface area contributed by atoms with E-state index in [4.69, 9.17) is 5.73 Å². The van der Waals surface area contributed by atoms with E-state index in [1.165, 1.54) is 23.5 Å². The van der Waals surface area contributed by atoms with Gasteiger partial charge in [-0.2, -0.15) is 0 Å². The minimum absolute atomic E-state index is 0.0243. The molecule has 0 radical (unpaired) electrons. The Morgan fingerprint density at radius 1 is 1.22 bits per heavy atom. The maximum absolute atomic E-state index is 12.9. The molecule has 4 heteroatoms. The van der Waals surface area contributed by atoms with Crippen LogP contribution in [0.5, 0.6) is 0 Å². The molecule has 0 aliphatic heterocycles. The Balaban J connectivity index is 2.31. The van der Waals surface area contributed by atoms with E-state index < -0.39 is 0 Å². The molecule has 0 saturated carbocycles. The minimum Gasteiger partial charge on any atom is -0.375 e. The van der Waals surface area contributed by atoms with Crippen LogP contribution in [0.2, 0.25) is 0 Å². The van der Waals surface area contributed by atoms with E-state index in [9.17, 15) is 4.39 Å². The molecule has 0 amide bonds. The molecule has 96 valence electrons. The first-order valence-electron chi connectivity index (χ1n) is 5.86. The number of thiazole rings is 1. The number of benzene rings is 1. The first-order valence-corrected chi connectivity index (χ1v) is 6.68. The minimum atomic E-state index is -0.210. The summed E-state index contributed by atoms with van der Waals surface area (Å²) < 4.78 is 12.9. The zero-order valence-corrected chi connectivity index (χ0v) is 11.6. The Morgan fingerprint density at radius 2 is 1.83 bits per heavy atom. The third-order valence-corrected chi connectivity index (χ3v) is 3.59. The fourth-order valence-electron chi connectivity index (χ4n) is 1.86. The number of anilines is 1. The van der Waals surface area contributed by atoms with Gasteiger partial charge < -0.3 is 5.73 Å². The molecule has 0 atom stereocenters. The number of nitrogens with zero attached hydrogens (tertiary/aromatic N) is 1. The summed E-state index contributed by atoms with van der Waals surface area (Å²) in [6.07, 6.45) is 0.752. The largest absolute Gasteiger partial charge is 0.375 e. The molecule has 1 aromatic heterocycles. The zero-order chi connectivity index (χ0) is 13.3. The van der Waals surface area contributed by atoms with Crippen LogP contribution in [-0.2, 0) is 11.8 Å². The van der Waals surface area contributed by atoms with E-state index in [0.717, 1.165) is 22.6 Å². The van der Waals surface area contributed by atoms with Crippen molar-refractivity contribution >= 4 is 16.5 Å². The lowest BCUT2D eigenvalue weighted by molar-refractivity contribution is 0.568. The topological polar surface area (TPSA) is 38.9 Å². The molecule has 0 saturated heterocycles. The highest BCUT2D eigenvalue weighted by Crippen LogP contribution is 2.32. The van der Waals surface area contributed by atoms with Gasteiger partial charge >= 0.3 is 0 Å². The van der Waals surface area contributed by atoms with Crippen molar-refractivity contribution in [2.45, 2.75) is 32.6 Å². The zero-order valence-electron chi connectivity index (χ0n) is 10.8. The van der Waals surface area contributed by atoms with Crippen LogP contribution in [0.25, 0.3) is 0 Å². The van der Waals surface area contributed by atoms with Crippen molar-refractivity contribution in [3.63, 3.8) is 0 Å². The highest BCUT2D eigenvalue weighted by molar-refractivity contribution is 7.15. The van der Waals surface area contributed by atoms with Gasteiger partial charge in [0.05, 0.1) is 5.69 Å². The molecule has 2 aromatic rings. The lowest BCUT2D eigenvalue weighted by Crippen LogP contribution is -2.14. The second-order valence-corrected chi connectivity index (χ2v) is 6.49. The molecular formula is C14H17FN2S. The first-order chi connectivity index (χ1) is 8.36. The Hall–Kier alpha value is -1.42. The van der Waals surface area contributed by atoms with E-state index in [-0.39, 0.29) is 11.2 Å². The summed E-state index contributed by atoms with van der Waals surface area (Å²) in [6.45, 7) is 6.36. The maximum atomic E-state index is 12.9. The number of rotatable bonds is 2. The van der Waals surface area contributed by atoms with Crippen LogP contribution < -0.4 is 5.73 Å². The fourth-order valence-corrected chi connectivity index (χ4v) is 2.94. The Kier molecular flexibility index (Phi) is 3.39. The Labute approximate surface area is 111 Å². The third kappa shape index (κ3) is 2.88. The van der Waals surface area contributed by atoms with Crippen LogP contribution in [0.1, 0.15) is 36.9 Å². The summed E-state index contributed by atoms with van der Waals surface area (Å²) in [5.74, 6) is -0.210. The monoisotopic (exact) mass is 264 g/mol. The molecule has 2 nitrogen and oxygen atoms in total. The van der Waals surface area contributed by atoms with E-state index in [1.54, 1.807) is 12.1 Å². The summed E-state index contributed by atoms with van der Waals surface area (Å²) in [7, 11) is 0. The molecule has 0 spiro atoms. The molecule has 0 aliphatic carbocycles. The lowest BCUT2D eigenvalue weighted by atomic mass is 9.90. The van der Waals surface area contributed by atoms with Crippen LogP contribution in [0.4, 0.5) is 9.52 Å². The molecule has 1 heterocycles. The molecule has 0 aliphatic rings. The van der Waals surface area contributed by atoms with E-state index in [1.807, 2.05) is 0 Å². The van der Waals surface area contributed by atoms with Gasteiger partial charge in [-0.1, -0.05) is 32.9 Å². The first kappa shape index (κ1) is 13.0. The maximum Gasteiger partial charge on any atom is 0.180 e. The normalized spacial score (nSPS) is 11.8. The van der Waals surface area contributed by atoms with Gasteiger partial charge in [0.15, 0.2) is 5.13 Å². The van der Waals surface area contributed by atoms with Gasteiger partial charge in [-0.25, -0.2) is 9.37 Å². The highest BCUT2D eigenvalue weighted by atomic mass is 32.1. The lowest BCUT2D eigenvalue weighted by Gasteiger charge is -2.17. The number of aromatic nitrogens is 1. The number of nitrogens with two attached hydrogens (primary N) is 1. The highest BCUT2D eigenvalue weighted by Gasteiger charge is 2.22. The average molecular weight is 264 g/mol. The summed E-state index contributed by atoms with van der Waals surface area (Å²) in [5, 5.41) is 0.594. The summed E-state index contributed by atoms with van der Waals surface area (Å²) >= 11 is 1.51. The smallest absolute Gasteiger partial charge is 0.180 e. The van der Waals surface area contributed by atoms with E-state index in [0.29, 0.717) is 5.13 Å². The fraction of sp³-hybridized carbons (Fsp3) is 0.357. The van der Waals surface area contributed by atoms with E-state index >= 15 is 0 Å². The van der Waals surface area contributed by atoms with Crippen LogP contribution in [0.15, 0.2) is 24.3 Å². The second kappa shape index (κ2) is 4.69. The van der Waals surface area contributed by atoms with Gasteiger partial charge in [-0.15, -0.1) is 11.3 Å². The average Bonchev–Trinajstić information content (AvgIpc) is 2.63. The van der Waals surface area contributed by atoms with Crippen molar-refractivity contribution in [1.29, 1.82) is 0 Å². The quantitative estimate of drug-likeness (QED) is 0.897. The number of nitrogen functional groups attached to an aromatic ring is 1. The van der Waals surface area contributed by atoms with Crippen molar-refractivity contribution in [3.8, 4) is 0 Å². The van der Waals surface area contributed by atoms with Crippen LogP contribution in [-0.4, -0.2) is 4.98 Å². The summed E-state index contributed by atoms with van der Waals surface area (Å²) in [6, 6.07) is 6.57. The molecule has 1 aromatic carbocycles. The molecule has 0 bridgehead atoms. The number of hydrogen-bond acceptors (Lipinski definition) is 3. The van der Waals surface area contributed by atoms with E-state index in [2.05, 4.69) is 25.8 Å². The van der Waals surface area contributed by atoms with Crippen molar-refractivity contribution in [1.82, 2.24) is 4.98 Å². The third-order valence-electron chi connectivity index (χ3n) is 2.70. The van der Waals surface area contributed by atoms with Crippen LogP contribution in [0.3, 0.4) is 0 Å². The molecule has 0 unspecified atom stereocenters. The summed E-state index contributed by atoms with van der Waals surface area (Å²) in [4.78, 5) is 5.58. The molecule has 2 rings (SSSR count). The standard InChI is InChI=1S/C14H17FN2S/c1-14(2,3)12-11(18-13(16)17-12)8-9-4-6-10(15)7-5-9/h4-7H,8H2,1-3H3,(H2,16,17). The molecule has 2 N–H and O–H groups in total. The summed E-state index contributed by atoms with van der Waals surface area (Å²) in [5.41, 5.74) is 7.89. The Morgan fingerprint density at radius 3 is 2.39 bits per heavy atom. The molecular weight excluding hydrogens is 247 g/mol. The van der Waals surface area contributed by atoms with Gasteiger partial charge in [-0.3, -0.25) is 0 Å². The number of hydrogen-bond donors (Lipinski definition) is 1. The van der Waals surface area contributed by atoms with Gasteiger partial charge in [0.2, 0.25) is 0 Å². The van der Waals surface area contributed by atoms with Crippen molar-refractivity contribution in [2.75, 3.05) is 5.73 Å². The Bertz CT molecular complexity index is 538.